The van der Waals surface area contributed by atoms with Crippen molar-refractivity contribution in [1.29, 1.82) is 0 Å². The molecule has 0 heterocycles. The van der Waals surface area contributed by atoms with Gasteiger partial charge in [-0.25, -0.2) is 0 Å². The molecular formula is C8H16O2. The van der Waals surface area contributed by atoms with Crippen molar-refractivity contribution in [3.8, 4) is 0 Å². The molecule has 0 aromatic heterocycles. The Hall–Kier alpha value is -0.530. The summed E-state index contributed by atoms with van der Waals surface area (Å²) in [7, 11) is 0. The molecule has 0 aliphatic carbocycles. The maximum atomic E-state index is 10.5. The van der Waals surface area contributed by atoms with Crippen LogP contribution in [0.15, 0.2) is 0 Å². The van der Waals surface area contributed by atoms with E-state index in [1.165, 1.54) is 0 Å². The van der Waals surface area contributed by atoms with E-state index >= 15 is 0 Å². The van der Waals surface area contributed by atoms with Gasteiger partial charge in [-0.1, -0.05) is 26.7 Å². The van der Waals surface area contributed by atoms with Crippen molar-refractivity contribution >= 4 is 5.97 Å². The second-order valence-electron chi connectivity index (χ2n) is 2.47. The quantitative estimate of drug-likeness (QED) is 0.644. The van der Waals surface area contributed by atoms with E-state index in [9.17, 15) is 4.79 Å². The van der Waals surface area contributed by atoms with Gasteiger partial charge in [0.2, 0.25) is 0 Å². The molecule has 60 valence electrons. The lowest BCUT2D eigenvalue weighted by atomic mass is 9.99. The van der Waals surface area contributed by atoms with E-state index in [4.69, 9.17) is 6.48 Å². The van der Waals surface area contributed by atoms with E-state index < -0.39 is 5.97 Å². The zero-order valence-electron chi connectivity index (χ0n) is 7.47. The summed E-state index contributed by atoms with van der Waals surface area (Å²) in [5, 5.41) is 8.67. The summed E-state index contributed by atoms with van der Waals surface area (Å²) < 4.78 is 6.88. The second-order valence-corrected chi connectivity index (χ2v) is 2.47. The smallest absolute Gasteiger partial charge is 0.306 e. The lowest BCUT2D eigenvalue weighted by Gasteiger charge is -2.07. The summed E-state index contributed by atoms with van der Waals surface area (Å²) >= 11 is 0. The Kier molecular flexibility index (Phi) is 3.99. The number of hydrogen-bond acceptors (Lipinski definition) is 1. The van der Waals surface area contributed by atoms with E-state index in [1.54, 1.807) is 0 Å². The fraction of sp³-hybridized carbons (Fsp3) is 0.875. The number of carboxylic acid groups (broad SMARTS) is 1. The molecule has 0 radical (unpaired) electrons. The minimum atomic E-state index is -0.708. The minimum Gasteiger partial charge on any atom is -0.481 e. The van der Waals surface area contributed by atoms with Crippen molar-refractivity contribution < 1.29 is 11.3 Å². The van der Waals surface area contributed by atoms with Crippen LogP contribution in [-0.2, 0) is 4.79 Å². The topological polar surface area (TPSA) is 37.3 Å². The van der Waals surface area contributed by atoms with Crippen molar-refractivity contribution in [2.45, 2.75) is 39.5 Å². The number of aliphatic carboxylic acids is 1. The van der Waals surface area contributed by atoms with E-state index in [2.05, 4.69) is 0 Å². The third-order valence-electron chi connectivity index (χ3n) is 1.54. The highest BCUT2D eigenvalue weighted by Crippen LogP contribution is 2.12. The molecule has 0 saturated carbocycles. The molecule has 0 amide bonds. The summed E-state index contributed by atoms with van der Waals surface area (Å²) in [6, 6.07) is 0. The zero-order chi connectivity index (χ0) is 8.69. The lowest BCUT2D eigenvalue weighted by Crippen LogP contribution is -2.12. The van der Waals surface area contributed by atoms with Crippen molar-refractivity contribution in [3.63, 3.8) is 0 Å². The van der Waals surface area contributed by atoms with E-state index in [0.29, 0.717) is 19.7 Å². The van der Waals surface area contributed by atoms with Crippen LogP contribution >= 0.6 is 0 Å². The molecule has 1 unspecified atom stereocenters. The van der Waals surface area contributed by atoms with Crippen molar-refractivity contribution in [3.05, 3.63) is 0 Å². The monoisotopic (exact) mass is 145 g/mol. The van der Waals surface area contributed by atoms with Gasteiger partial charge in [-0.15, -0.1) is 0 Å². The van der Waals surface area contributed by atoms with Gasteiger partial charge in [0.1, 0.15) is 0 Å². The maximum Gasteiger partial charge on any atom is 0.306 e. The molecule has 0 aliphatic rings. The van der Waals surface area contributed by atoms with Gasteiger partial charge in [0.05, 0.1) is 5.92 Å². The SMILES string of the molecule is [2H]CCCC(CCC)C(=O)O. The summed E-state index contributed by atoms with van der Waals surface area (Å²) in [6.07, 6.45) is 3.02. The molecule has 2 nitrogen and oxygen atoms in total. The Labute approximate surface area is 63.7 Å². The third kappa shape index (κ3) is 3.49. The van der Waals surface area contributed by atoms with Gasteiger partial charge >= 0.3 is 5.97 Å². The first-order valence-electron chi connectivity index (χ1n) is 4.45. The van der Waals surface area contributed by atoms with Gasteiger partial charge in [-0.3, -0.25) is 4.79 Å². The minimum absolute atomic E-state index is 0.217. The number of carbonyl (C=O) groups is 1. The van der Waals surface area contributed by atoms with Crippen LogP contribution in [0.3, 0.4) is 0 Å². The van der Waals surface area contributed by atoms with Crippen molar-refractivity contribution in [1.82, 2.24) is 0 Å². The number of hydrogen-bond donors (Lipinski definition) is 1. The van der Waals surface area contributed by atoms with Gasteiger partial charge in [0.15, 0.2) is 0 Å². The van der Waals surface area contributed by atoms with Gasteiger partial charge in [0, 0.05) is 1.37 Å². The van der Waals surface area contributed by atoms with Crippen LogP contribution in [-0.4, -0.2) is 11.1 Å². The molecule has 0 fully saturated rings. The second kappa shape index (κ2) is 5.27. The predicted molar refractivity (Wildman–Crippen MR) is 40.9 cm³/mol. The molecule has 0 aromatic rings. The third-order valence-corrected chi connectivity index (χ3v) is 1.54. The Morgan fingerprint density at radius 1 is 1.60 bits per heavy atom. The first-order valence-corrected chi connectivity index (χ1v) is 3.74. The Bertz CT molecular complexity index is 115. The Balaban J connectivity index is 3.60. The van der Waals surface area contributed by atoms with Crippen LogP contribution < -0.4 is 0 Å². The molecule has 2 heteroatoms. The molecule has 0 saturated heterocycles. The standard InChI is InChI=1S/C8H16O2/c1-3-5-7(6-4-2)8(9)10/h7H,3-6H2,1-2H3,(H,9,10)/i1D. The first kappa shape index (κ1) is 7.58. The molecule has 0 aromatic carbocycles. The highest BCUT2D eigenvalue weighted by atomic mass is 16.4. The molecule has 10 heavy (non-hydrogen) atoms. The summed E-state index contributed by atoms with van der Waals surface area (Å²) in [5.74, 6) is -0.925. The van der Waals surface area contributed by atoms with Gasteiger partial charge in [-0.05, 0) is 12.8 Å². The van der Waals surface area contributed by atoms with Crippen LogP contribution in [0, 0.1) is 5.92 Å². The lowest BCUT2D eigenvalue weighted by molar-refractivity contribution is -0.142. The van der Waals surface area contributed by atoms with Gasteiger partial charge < -0.3 is 5.11 Å². The fourth-order valence-corrected chi connectivity index (χ4v) is 0.986. The summed E-state index contributed by atoms with van der Waals surface area (Å²) in [6.45, 7) is 2.32. The number of carboxylic acids is 1. The van der Waals surface area contributed by atoms with Crippen LogP contribution in [0.25, 0.3) is 0 Å². The molecule has 0 bridgehead atoms. The first-order chi connectivity index (χ1) is 5.22. The van der Waals surface area contributed by atoms with Crippen LogP contribution in [0.4, 0.5) is 0 Å². The van der Waals surface area contributed by atoms with E-state index in [-0.39, 0.29) is 5.92 Å². The van der Waals surface area contributed by atoms with Crippen LogP contribution in [0.1, 0.15) is 40.9 Å². The average molecular weight is 145 g/mol. The molecule has 1 N–H and O–H groups in total. The van der Waals surface area contributed by atoms with E-state index in [0.717, 1.165) is 12.8 Å². The normalized spacial score (nSPS) is 14.3. The van der Waals surface area contributed by atoms with Gasteiger partial charge in [0.25, 0.3) is 0 Å². The van der Waals surface area contributed by atoms with Crippen molar-refractivity contribution in [2.75, 3.05) is 0 Å². The molecular weight excluding hydrogens is 128 g/mol. The fourth-order valence-electron chi connectivity index (χ4n) is 0.986. The highest BCUT2D eigenvalue weighted by Gasteiger charge is 2.13. The zero-order valence-corrected chi connectivity index (χ0v) is 6.47. The maximum absolute atomic E-state index is 10.5. The van der Waals surface area contributed by atoms with Crippen molar-refractivity contribution in [2.24, 2.45) is 5.92 Å². The highest BCUT2D eigenvalue weighted by molar-refractivity contribution is 5.69. The average Bonchev–Trinajstić information content (AvgIpc) is 1.97. The summed E-state index contributed by atoms with van der Waals surface area (Å²) in [4.78, 5) is 10.5. The number of rotatable bonds is 5. The summed E-state index contributed by atoms with van der Waals surface area (Å²) in [5.41, 5.74) is 0. The largest absolute Gasteiger partial charge is 0.481 e. The molecule has 0 spiro atoms. The molecule has 1 atom stereocenters. The predicted octanol–water partition coefficient (Wildman–Crippen LogP) is 2.29. The Morgan fingerprint density at radius 2 is 2.20 bits per heavy atom. The van der Waals surface area contributed by atoms with E-state index in [1.807, 2.05) is 6.92 Å². The van der Waals surface area contributed by atoms with Gasteiger partial charge in [-0.2, -0.15) is 0 Å². The molecule has 0 rings (SSSR count). The molecule has 0 aliphatic heterocycles. The Morgan fingerprint density at radius 3 is 2.60 bits per heavy atom. The van der Waals surface area contributed by atoms with Crippen LogP contribution in [0.2, 0.25) is 0 Å². The van der Waals surface area contributed by atoms with Crippen LogP contribution in [0.5, 0.6) is 0 Å².